The van der Waals surface area contributed by atoms with Crippen LogP contribution in [-0.2, 0) is 4.79 Å². The lowest BCUT2D eigenvalue weighted by Gasteiger charge is -2.32. The molecule has 0 aromatic heterocycles. The number of carbonyl (C=O) groups is 2. The monoisotopic (exact) mass is 354 g/mol. The number of hydrogen-bond acceptors (Lipinski definition) is 5. The zero-order chi connectivity index (χ0) is 17.7. The SMILES string of the molecule is NCCNC(=O)C1CCCN(C(=O)c2ccc([N+](=O)[O-])cc2Cl)C1. The molecular weight excluding hydrogens is 336 g/mol. The van der Waals surface area contributed by atoms with E-state index in [1.165, 1.54) is 12.1 Å². The maximum absolute atomic E-state index is 12.6. The summed E-state index contributed by atoms with van der Waals surface area (Å²) in [4.78, 5) is 36.4. The van der Waals surface area contributed by atoms with Gasteiger partial charge < -0.3 is 16.0 Å². The van der Waals surface area contributed by atoms with E-state index in [0.717, 1.165) is 6.07 Å². The molecule has 1 aromatic carbocycles. The van der Waals surface area contributed by atoms with E-state index in [1.807, 2.05) is 0 Å². The molecule has 0 saturated carbocycles. The van der Waals surface area contributed by atoms with Gasteiger partial charge in [0.2, 0.25) is 5.91 Å². The minimum absolute atomic E-state index is 0.0314. The van der Waals surface area contributed by atoms with Gasteiger partial charge in [-0.25, -0.2) is 0 Å². The van der Waals surface area contributed by atoms with Crippen molar-refractivity contribution < 1.29 is 14.5 Å². The maximum atomic E-state index is 12.6. The normalized spacial score (nSPS) is 17.4. The van der Waals surface area contributed by atoms with E-state index in [0.29, 0.717) is 39.0 Å². The van der Waals surface area contributed by atoms with Crippen molar-refractivity contribution in [1.29, 1.82) is 0 Å². The third kappa shape index (κ3) is 4.21. The second kappa shape index (κ2) is 8.07. The van der Waals surface area contributed by atoms with Gasteiger partial charge in [0.15, 0.2) is 0 Å². The quantitative estimate of drug-likeness (QED) is 0.607. The Morgan fingerprint density at radius 1 is 1.46 bits per heavy atom. The Kier molecular flexibility index (Phi) is 6.10. The largest absolute Gasteiger partial charge is 0.355 e. The minimum Gasteiger partial charge on any atom is -0.355 e. The molecule has 1 aliphatic rings. The first kappa shape index (κ1) is 18.2. The Morgan fingerprint density at radius 2 is 2.21 bits per heavy atom. The maximum Gasteiger partial charge on any atom is 0.270 e. The molecule has 2 amide bonds. The van der Waals surface area contributed by atoms with Crippen molar-refractivity contribution in [2.24, 2.45) is 11.7 Å². The number of likely N-dealkylation sites (tertiary alicyclic amines) is 1. The Morgan fingerprint density at radius 3 is 2.83 bits per heavy atom. The number of halogens is 1. The number of hydrogen-bond donors (Lipinski definition) is 2. The molecule has 0 aliphatic carbocycles. The first-order valence-corrected chi connectivity index (χ1v) is 8.03. The van der Waals surface area contributed by atoms with Gasteiger partial charge in [0.05, 0.1) is 21.4 Å². The molecule has 1 saturated heterocycles. The average Bonchev–Trinajstić information content (AvgIpc) is 2.59. The molecule has 1 aromatic rings. The number of nitro benzene ring substituents is 1. The van der Waals surface area contributed by atoms with Crippen LogP contribution >= 0.6 is 11.6 Å². The van der Waals surface area contributed by atoms with E-state index in [2.05, 4.69) is 5.32 Å². The zero-order valence-electron chi connectivity index (χ0n) is 13.0. The number of nitrogens with zero attached hydrogens (tertiary/aromatic N) is 2. The third-order valence-corrected chi connectivity index (χ3v) is 4.23. The van der Waals surface area contributed by atoms with Gasteiger partial charge in [-0.15, -0.1) is 0 Å². The van der Waals surface area contributed by atoms with Gasteiger partial charge in [-0.3, -0.25) is 19.7 Å². The lowest BCUT2D eigenvalue weighted by Crippen LogP contribution is -2.46. The summed E-state index contributed by atoms with van der Waals surface area (Å²) in [6.07, 6.45) is 1.41. The van der Waals surface area contributed by atoms with Gasteiger partial charge >= 0.3 is 0 Å². The number of nitrogens with two attached hydrogens (primary N) is 1. The average molecular weight is 355 g/mol. The number of rotatable bonds is 5. The number of non-ortho nitro benzene ring substituents is 1. The first-order chi connectivity index (χ1) is 11.4. The van der Waals surface area contributed by atoms with Crippen molar-refractivity contribution in [3.8, 4) is 0 Å². The molecule has 1 unspecified atom stereocenters. The van der Waals surface area contributed by atoms with E-state index in [1.54, 1.807) is 4.90 Å². The fourth-order valence-corrected chi connectivity index (χ4v) is 2.93. The summed E-state index contributed by atoms with van der Waals surface area (Å²) in [5.74, 6) is -0.731. The first-order valence-electron chi connectivity index (χ1n) is 7.65. The summed E-state index contributed by atoms with van der Waals surface area (Å²) < 4.78 is 0. The fraction of sp³-hybridized carbons (Fsp3) is 0.467. The Labute approximate surface area is 144 Å². The molecule has 8 nitrogen and oxygen atoms in total. The lowest BCUT2D eigenvalue weighted by atomic mass is 9.96. The molecule has 1 heterocycles. The second-order valence-electron chi connectivity index (χ2n) is 5.59. The van der Waals surface area contributed by atoms with E-state index in [-0.39, 0.29) is 34.0 Å². The van der Waals surface area contributed by atoms with Crippen LogP contribution in [0.25, 0.3) is 0 Å². The molecule has 2 rings (SSSR count). The van der Waals surface area contributed by atoms with Gasteiger partial charge in [0, 0.05) is 38.3 Å². The summed E-state index contributed by atoms with van der Waals surface area (Å²) >= 11 is 6.01. The number of nitrogens with one attached hydrogen (secondary N) is 1. The van der Waals surface area contributed by atoms with Crippen LogP contribution in [0.4, 0.5) is 5.69 Å². The van der Waals surface area contributed by atoms with Gasteiger partial charge in [0.1, 0.15) is 0 Å². The van der Waals surface area contributed by atoms with Gasteiger partial charge in [-0.05, 0) is 18.9 Å². The van der Waals surface area contributed by atoms with Crippen LogP contribution in [0.1, 0.15) is 23.2 Å². The highest BCUT2D eigenvalue weighted by Gasteiger charge is 2.29. The van der Waals surface area contributed by atoms with Gasteiger partial charge in [-0.1, -0.05) is 11.6 Å². The highest BCUT2D eigenvalue weighted by molar-refractivity contribution is 6.34. The van der Waals surface area contributed by atoms with Crippen molar-refractivity contribution in [3.05, 3.63) is 38.9 Å². The molecular formula is C15H19ClN4O4. The van der Waals surface area contributed by atoms with Crippen molar-refractivity contribution in [2.75, 3.05) is 26.2 Å². The van der Waals surface area contributed by atoms with Crippen molar-refractivity contribution in [1.82, 2.24) is 10.2 Å². The molecule has 0 spiro atoms. The summed E-state index contributed by atoms with van der Waals surface area (Å²) in [6.45, 7) is 1.58. The van der Waals surface area contributed by atoms with E-state index >= 15 is 0 Å². The van der Waals surface area contributed by atoms with Crippen molar-refractivity contribution in [2.45, 2.75) is 12.8 Å². The fourth-order valence-electron chi connectivity index (χ4n) is 2.68. The number of amides is 2. The predicted molar refractivity (Wildman–Crippen MR) is 88.8 cm³/mol. The molecule has 130 valence electrons. The van der Waals surface area contributed by atoms with Crippen LogP contribution in [0.2, 0.25) is 5.02 Å². The van der Waals surface area contributed by atoms with Crippen molar-refractivity contribution >= 4 is 29.1 Å². The Hall–Kier alpha value is -2.19. The Balaban J connectivity index is 2.09. The standard InChI is InChI=1S/C15H19ClN4O4/c16-13-8-11(20(23)24)3-4-12(13)15(22)19-7-1-2-10(9-19)14(21)18-6-5-17/h3-4,8,10H,1-2,5-7,9,17H2,(H,18,21). The van der Waals surface area contributed by atoms with Gasteiger partial charge in [-0.2, -0.15) is 0 Å². The van der Waals surface area contributed by atoms with Gasteiger partial charge in [0.25, 0.3) is 11.6 Å². The van der Waals surface area contributed by atoms with E-state index in [4.69, 9.17) is 17.3 Å². The number of nitro groups is 1. The van der Waals surface area contributed by atoms with Crippen LogP contribution in [0, 0.1) is 16.0 Å². The second-order valence-corrected chi connectivity index (χ2v) is 6.00. The van der Waals surface area contributed by atoms with E-state index in [9.17, 15) is 19.7 Å². The Bertz CT molecular complexity index is 652. The van der Waals surface area contributed by atoms with Crippen LogP contribution in [0.15, 0.2) is 18.2 Å². The van der Waals surface area contributed by atoms with Crippen LogP contribution in [0.5, 0.6) is 0 Å². The zero-order valence-corrected chi connectivity index (χ0v) is 13.8. The van der Waals surface area contributed by atoms with Crippen LogP contribution in [-0.4, -0.2) is 47.8 Å². The van der Waals surface area contributed by atoms with E-state index < -0.39 is 4.92 Å². The molecule has 0 radical (unpaired) electrons. The smallest absolute Gasteiger partial charge is 0.270 e. The topological polar surface area (TPSA) is 119 Å². The third-order valence-electron chi connectivity index (χ3n) is 3.92. The summed E-state index contributed by atoms with van der Waals surface area (Å²) in [5.41, 5.74) is 5.39. The molecule has 3 N–H and O–H groups in total. The molecule has 1 aliphatic heterocycles. The molecule has 1 atom stereocenters. The highest BCUT2D eigenvalue weighted by atomic mass is 35.5. The lowest BCUT2D eigenvalue weighted by molar-refractivity contribution is -0.384. The molecule has 1 fully saturated rings. The minimum atomic E-state index is -0.571. The summed E-state index contributed by atoms with van der Waals surface area (Å²) in [6, 6.07) is 3.75. The van der Waals surface area contributed by atoms with Crippen molar-refractivity contribution in [3.63, 3.8) is 0 Å². The number of benzene rings is 1. The predicted octanol–water partition coefficient (Wildman–Crippen LogP) is 1.18. The summed E-state index contributed by atoms with van der Waals surface area (Å²) in [7, 11) is 0. The number of piperidine rings is 1. The number of carbonyl (C=O) groups excluding carboxylic acids is 2. The summed E-state index contributed by atoms with van der Waals surface area (Å²) in [5, 5.41) is 13.5. The van der Waals surface area contributed by atoms with Crippen LogP contribution < -0.4 is 11.1 Å². The van der Waals surface area contributed by atoms with Crippen LogP contribution in [0.3, 0.4) is 0 Å². The highest BCUT2D eigenvalue weighted by Crippen LogP contribution is 2.26. The molecule has 0 bridgehead atoms. The molecule has 24 heavy (non-hydrogen) atoms. The molecule has 9 heteroatoms.